The Balaban J connectivity index is 1.61. The average molecular weight is 404 g/mol. The number of nitrogens with zero attached hydrogens (tertiary/aromatic N) is 1. The number of fused-ring (bicyclic) bond motifs is 1. The minimum absolute atomic E-state index is 0.00198. The maximum absolute atomic E-state index is 12.4. The topological polar surface area (TPSA) is 84.9 Å². The number of hydrogen-bond acceptors (Lipinski definition) is 6. The van der Waals surface area contributed by atoms with E-state index < -0.39 is 10.0 Å². The lowest BCUT2D eigenvalue weighted by Gasteiger charge is -2.16. The second kappa shape index (κ2) is 8.10. The molecule has 7 nitrogen and oxygen atoms in total. The van der Waals surface area contributed by atoms with Crippen LogP contribution in [0.4, 0.5) is 11.4 Å². The van der Waals surface area contributed by atoms with E-state index in [1.807, 2.05) is 18.2 Å². The lowest BCUT2D eigenvalue weighted by molar-refractivity contribution is 0.0986. The molecule has 1 N–H and O–H groups in total. The van der Waals surface area contributed by atoms with E-state index in [1.54, 1.807) is 25.3 Å². The van der Waals surface area contributed by atoms with E-state index in [0.29, 0.717) is 43.0 Å². The lowest BCUT2D eigenvalue weighted by atomic mass is 10.1. The molecule has 0 aromatic heterocycles. The van der Waals surface area contributed by atoms with Crippen LogP contribution in [0.2, 0.25) is 0 Å². The van der Waals surface area contributed by atoms with Crippen LogP contribution in [0.1, 0.15) is 22.3 Å². The highest BCUT2D eigenvalue weighted by Gasteiger charge is 2.26. The minimum atomic E-state index is -3.25. The number of methoxy groups -OCH3 is 2. The number of anilines is 2. The van der Waals surface area contributed by atoms with Gasteiger partial charge in [-0.1, -0.05) is 0 Å². The molecular weight excluding hydrogens is 380 g/mol. The summed E-state index contributed by atoms with van der Waals surface area (Å²) >= 11 is 0. The first kappa shape index (κ1) is 20.0. The summed E-state index contributed by atoms with van der Waals surface area (Å²) in [6.45, 7) is 0.942. The predicted molar refractivity (Wildman–Crippen MR) is 109 cm³/mol. The first-order chi connectivity index (χ1) is 13.3. The van der Waals surface area contributed by atoms with Crippen LogP contribution < -0.4 is 19.1 Å². The highest BCUT2D eigenvalue weighted by molar-refractivity contribution is 7.92. The van der Waals surface area contributed by atoms with Gasteiger partial charge in [0.15, 0.2) is 17.3 Å². The number of nitrogens with one attached hydrogen (secondary N) is 1. The summed E-state index contributed by atoms with van der Waals surface area (Å²) in [5, 5.41) is 3.24. The molecule has 8 heteroatoms. The van der Waals surface area contributed by atoms with Crippen LogP contribution in [-0.2, 0) is 16.4 Å². The standard InChI is InChI=1S/C20H24N2O5S/c1-26-19-7-4-15(13-20(19)27-2)18(23)8-10-21-16-5-6-17-14(12-16)9-11-22(17)28(3,24)25/h4-7,12-13,21H,8-11H2,1-3H3. The van der Waals surface area contributed by atoms with E-state index in [9.17, 15) is 13.2 Å². The van der Waals surface area contributed by atoms with Crippen LogP contribution in [-0.4, -0.2) is 47.8 Å². The Bertz CT molecular complexity index is 988. The maximum atomic E-state index is 12.4. The summed E-state index contributed by atoms with van der Waals surface area (Å²) in [4.78, 5) is 12.4. The van der Waals surface area contributed by atoms with Crippen molar-refractivity contribution in [3.05, 3.63) is 47.5 Å². The van der Waals surface area contributed by atoms with Crippen LogP contribution in [0.25, 0.3) is 0 Å². The minimum Gasteiger partial charge on any atom is -0.493 e. The van der Waals surface area contributed by atoms with Crippen molar-refractivity contribution in [3.63, 3.8) is 0 Å². The fourth-order valence-corrected chi connectivity index (χ4v) is 4.26. The number of carbonyl (C=O) groups is 1. The molecule has 0 aliphatic carbocycles. The molecule has 0 spiro atoms. The Morgan fingerprint density at radius 2 is 1.86 bits per heavy atom. The Kier molecular flexibility index (Phi) is 5.79. The SMILES string of the molecule is COc1ccc(C(=O)CCNc2ccc3c(c2)CCN3S(C)(=O)=O)cc1OC. The van der Waals surface area contributed by atoms with Crippen molar-refractivity contribution in [2.45, 2.75) is 12.8 Å². The molecular formula is C20H24N2O5S. The molecule has 0 atom stereocenters. The van der Waals surface area contributed by atoms with Crippen molar-refractivity contribution in [3.8, 4) is 11.5 Å². The van der Waals surface area contributed by atoms with Gasteiger partial charge < -0.3 is 14.8 Å². The van der Waals surface area contributed by atoms with E-state index in [1.165, 1.54) is 17.7 Å². The van der Waals surface area contributed by atoms with Crippen LogP contribution >= 0.6 is 0 Å². The summed E-state index contributed by atoms with van der Waals surface area (Å²) in [5.74, 6) is 1.10. The second-order valence-electron chi connectivity index (χ2n) is 6.60. The number of ketones is 1. The summed E-state index contributed by atoms with van der Waals surface area (Å²) in [6.07, 6.45) is 2.22. The number of rotatable bonds is 8. The second-order valence-corrected chi connectivity index (χ2v) is 8.51. The molecule has 0 saturated heterocycles. The number of ether oxygens (including phenoxy) is 2. The molecule has 1 heterocycles. The third kappa shape index (κ3) is 4.22. The number of sulfonamides is 1. The van der Waals surface area contributed by atoms with Gasteiger partial charge in [-0.05, 0) is 48.4 Å². The Morgan fingerprint density at radius 1 is 1.11 bits per heavy atom. The van der Waals surface area contributed by atoms with Crippen molar-refractivity contribution >= 4 is 27.2 Å². The highest BCUT2D eigenvalue weighted by Crippen LogP contribution is 2.32. The van der Waals surface area contributed by atoms with Gasteiger partial charge in [0.25, 0.3) is 0 Å². The lowest BCUT2D eigenvalue weighted by Crippen LogP contribution is -2.27. The van der Waals surface area contributed by atoms with Crippen LogP contribution in [0.15, 0.2) is 36.4 Å². The van der Waals surface area contributed by atoms with Gasteiger partial charge in [0, 0.05) is 30.8 Å². The molecule has 28 heavy (non-hydrogen) atoms. The predicted octanol–water partition coefficient (Wildman–Crippen LogP) is 2.71. The summed E-state index contributed by atoms with van der Waals surface area (Å²) < 4.78 is 35.5. The van der Waals surface area contributed by atoms with E-state index in [2.05, 4.69) is 5.32 Å². The summed E-state index contributed by atoms with van der Waals surface area (Å²) in [5.41, 5.74) is 3.16. The zero-order valence-corrected chi connectivity index (χ0v) is 17.0. The van der Waals surface area contributed by atoms with Crippen LogP contribution in [0.3, 0.4) is 0 Å². The molecule has 0 saturated carbocycles. The Hall–Kier alpha value is -2.74. The van der Waals surface area contributed by atoms with E-state index in [4.69, 9.17) is 9.47 Å². The van der Waals surface area contributed by atoms with Crippen molar-refractivity contribution in [1.82, 2.24) is 0 Å². The maximum Gasteiger partial charge on any atom is 0.232 e. The summed E-state index contributed by atoms with van der Waals surface area (Å²) in [7, 11) is -0.165. The van der Waals surface area contributed by atoms with E-state index in [-0.39, 0.29) is 5.78 Å². The van der Waals surface area contributed by atoms with Gasteiger partial charge >= 0.3 is 0 Å². The Morgan fingerprint density at radius 3 is 2.54 bits per heavy atom. The number of hydrogen-bond donors (Lipinski definition) is 1. The monoisotopic (exact) mass is 404 g/mol. The third-order valence-corrected chi connectivity index (χ3v) is 5.90. The molecule has 2 aromatic carbocycles. The summed E-state index contributed by atoms with van der Waals surface area (Å²) in [6, 6.07) is 10.7. The van der Waals surface area contributed by atoms with E-state index >= 15 is 0 Å². The average Bonchev–Trinajstić information content (AvgIpc) is 3.11. The fraction of sp³-hybridized carbons (Fsp3) is 0.350. The normalized spacial score (nSPS) is 13.2. The van der Waals surface area contributed by atoms with Gasteiger partial charge in [0.1, 0.15) is 0 Å². The highest BCUT2D eigenvalue weighted by atomic mass is 32.2. The number of Topliss-reactive ketones (excluding diaryl/α,β-unsaturated/α-hetero) is 1. The molecule has 3 rings (SSSR count). The van der Waals surface area contributed by atoms with Gasteiger partial charge in [0.2, 0.25) is 10.0 Å². The van der Waals surface area contributed by atoms with E-state index in [0.717, 1.165) is 16.9 Å². The van der Waals surface area contributed by atoms with Gasteiger partial charge in [-0.25, -0.2) is 8.42 Å². The van der Waals surface area contributed by atoms with Crippen molar-refractivity contribution in [1.29, 1.82) is 0 Å². The van der Waals surface area contributed by atoms with Crippen LogP contribution in [0.5, 0.6) is 11.5 Å². The van der Waals surface area contributed by atoms with Crippen LogP contribution in [0, 0.1) is 0 Å². The largest absolute Gasteiger partial charge is 0.493 e. The molecule has 0 radical (unpaired) electrons. The van der Waals surface area contributed by atoms with Crippen molar-refractivity contribution < 1.29 is 22.7 Å². The van der Waals surface area contributed by atoms with Crippen molar-refractivity contribution in [2.24, 2.45) is 0 Å². The van der Waals surface area contributed by atoms with Gasteiger partial charge in [-0.3, -0.25) is 9.10 Å². The number of carbonyl (C=O) groups excluding carboxylic acids is 1. The quantitative estimate of drug-likeness (QED) is 0.681. The van der Waals surface area contributed by atoms with Gasteiger partial charge in [-0.15, -0.1) is 0 Å². The number of benzene rings is 2. The fourth-order valence-electron chi connectivity index (χ4n) is 3.30. The zero-order chi connectivity index (χ0) is 20.3. The first-order valence-corrected chi connectivity index (χ1v) is 10.8. The van der Waals surface area contributed by atoms with Gasteiger partial charge in [-0.2, -0.15) is 0 Å². The smallest absolute Gasteiger partial charge is 0.232 e. The van der Waals surface area contributed by atoms with Crippen molar-refractivity contribution in [2.75, 3.05) is 43.2 Å². The first-order valence-electron chi connectivity index (χ1n) is 8.93. The van der Waals surface area contributed by atoms with Gasteiger partial charge in [0.05, 0.1) is 26.2 Å². The molecule has 1 aliphatic heterocycles. The molecule has 0 amide bonds. The molecule has 0 unspecified atom stereocenters. The third-order valence-electron chi connectivity index (χ3n) is 4.72. The molecule has 150 valence electrons. The zero-order valence-electron chi connectivity index (χ0n) is 16.2. The molecule has 0 fully saturated rings. The molecule has 2 aromatic rings. The Labute approximate surface area is 165 Å². The molecule has 0 bridgehead atoms. The molecule has 1 aliphatic rings.